The largest absolute Gasteiger partial charge is 0.454 e. The average Bonchev–Trinajstić information content (AvgIpc) is 3.62. The number of hydrogen-bond acceptors (Lipinski definition) is 9. The molecule has 11 nitrogen and oxygen atoms in total. The van der Waals surface area contributed by atoms with E-state index in [2.05, 4.69) is 27.3 Å². The summed E-state index contributed by atoms with van der Waals surface area (Å²) in [5, 5.41) is 3.30. The van der Waals surface area contributed by atoms with Gasteiger partial charge in [0.1, 0.15) is 0 Å². The standard InChI is InChI=1S/C37H36N6O5S/c1-2-33(34(44)39-22-26-7-6-14-38-21-26)49-37-40-30-20-32-31(47-24-48-32)19-29(30)36(46)43(37)23-25-10-12-27(13-11-25)35(45)42-17-15-41(16-18-42)28-8-4-3-5-9-28/h3-14,19-21,33H,2,15-18,22-24H2,1H3,(H,39,44)/t33-/m0/s1. The third-order valence-corrected chi connectivity index (χ3v) is 10.1. The van der Waals surface area contributed by atoms with Gasteiger partial charge in [0.15, 0.2) is 16.7 Å². The van der Waals surface area contributed by atoms with Crippen molar-refractivity contribution in [3.05, 3.63) is 118 Å². The Morgan fingerprint density at radius 1 is 0.918 bits per heavy atom. The van der Waals surface area contributed by atoms with Crippen molar-refractivity contribution in [1.82, 2.24) is 24.8 Å². The molecular weight excluding hydrogens is 641 g/mol. The molecule has 0 saturated carbocycles. The molecule has 0 aliphatic carbocycles. The fraction of sp³-hybridized carbons (Fsp3) is 0.270. The molecule has 0 bridgehead atoms. The molecule has 2 amide bonds. The number of amides is 2. The van der Waals surface area contributed by atoms with E-state index < -0.39 is 5.25 Å². The zero-order valence-electron chi connectivity index (χ0n) is 27.1. The van der Waals surface area contributed by atoms with Crippen molar-refractivity contribution in [3.8, 4) is 11.5 Å². The molecule has 2 aliphatic rings. The number of para-hydroxylation sites is 1. The van der Waals surface area contributed by atoms with Crippen LogP contribution in [-0.4, -0.2) is 69.5 Å². The van der Waals surface area contributed by atoms with Gasteiger partial charge in [0, 0.05) is 62.4 Å². The Hall–Kier alpha value is -5.36. The lowest BCUT2D eigenvalue weighted by Crippen LogP contribution is -2.48. The van der Waals surface area contributed by atoms with Crippen LogP contribution in [0, 0.1) is 0 Å². The third kappa shape index (κ3) is 7.09. The lowest BCUT2D eigenvalue weighted by molar-refractivity contribution is -0.120. The van der Waals surface area contributed by atoms with E-state index in [1.807, 2.05) is 66.4 Å². The van der Waals surface area contributed by atoms with E-state index >= 15 is 0 Å². The molecule has 5 aromatic rings. The van der Waals surface area contributed by atoms with Gasteiger partial charge in [-0.05, 0) is 53.9 Å². The van der Waals surface area contributed by atoms with E-state index in [0.717, 1.165) is 29.9 Å². The molecule has 250 valence electrons. The Labute approximate surface area is 287 Å². The van der Waals surface area contributed by atoms with Crippen molar-refractivity contribution < 1.29 is 19.1 Å². The quantitative estimate of drug-likeness (QED) is 0.166. The van der Waals surface area contributed by atoms with Crippen LogP contribution in [-0.2, 0) is 17.9 Å². The van der Waals surface area contributed by atoms with Crippen molar-refractivity contribution in [2.75, 3.05) is 37.9 Å². The minimum Gasteiger partial charge on any atom is -0.454 e. The number of pyridine rings is 1. The van der Waals surface area contributed by atoms with Gasteiger partial charge in [-0.25, -0.2) is 4.98 Å². The summed E-state index contributed by atoms with van der Waals surface area (Å²) in [6.07, 6.45) is 3.92. The summed E-state index contributed by atoms with van der Waals surface area (Å²) in [5.41, 5.74) is 3.68. The zero-order chi connectivity index (χ0) is 33.7. The highest BCUT2D eigenvalue weighted by Gasteiger charge is 2.25. The summed E-state index contributed by atoms with van der Waals surface area (Å²) in [7, 11) is 0. The Balaban J connectivity index is 1.11. The first-order chi connectivity index (χ1) is 24.0. The number of aromatic nitrogens is 3. The number of carbonyl (C=O) groups excluding carboxylic acids is 2. The molecule has 1 N–H and O–H groups in total. The second-order valence-electron chi connectivity index (χ2n) is 11.9. The second kappa shape index (κ2) is 14.4. The molecule has 0 spiro atoms. The number of nitrogens with one attached hydrogen (secondary N) is 1. The number of anilines is 1. The number of benzene rings is 3. The maximum absolute atomic E-state index is 14.1. The van der Waals surface area contributed by atoms with Gasteiger partial charge in [-0.3, -0.25) is 23.9 Å². The second-order valence-corrected chi connectivity index (χ2v) is 13.1. The van der Waals surface area contributed by atoms with Crippen LogP contribution in [0.25, 0.3) is 10.9 Å². The summed E-state index contributed by atoms with van der Waals surface area (Å²) in [6.45, 7) is 5.38. The van der Waals surface area contributed by atoms with Crippen LogP contribution in [0.4, 0.5) is 5.69 Å². The van der Waals surface area contributed by atoms with Crippen LogP contribution in [0.2, 0.25) is 0 Å². The Morgan fingerprint density at radius 3 is 2.39 bits per heavy atom. The maximum Gasteiger partial charge on any atom is 0.262 e. The third-order valence-electron chi connectivity index (χ3n) is 8.74. The summed E-state index contributed by atoms with van der Waals surface area (Å²) >= 11 is 1.25. The number of hydrogen-bond donors (Lipinski definition) is 1. The van der Waals surface area contributed by atoms with Crippen molar-refractivity contribution in [1.29, 1.82) is 0 Å². The van der Waals surface area contributed by atoms with E-state index in [1.165, 1.54) is 11.8 Å². The van der Waals surface area contributed by atoms with Gasteiger partial charge < -0.3 is 24.6 Å². The highest BCUT2D eigenvalue weighted by molar-refractivity contribution is 8.00. The van der Waals surface area contributed by atoms with Crippen LogP contribution in [0.15, 0.2) is 101 Å². The number of nitrogens with zero attached hydrogens (tertiary/aromatic N) is 5. The van der Waals surface area contributed by atoms with Crippen molar-refractivity contribution >= 4 is 40.2 Å². The van der Waals surface area contributed by atoms with Crippen LogP contribution in [0.5, 0.6) is 11.5 Å². The average molecular weight is 677 g/mol. The lowest BCUT2D eigenvalue weighted by Gasteiger charge is -2.36. The summed E-state index contributed by atoms with van der Waals surface area (Å²) in [6, 6.07) is 24.7. The van der Waals surface area contributed by atoms with Crippen LogP contribution in [0.1, 0.15) is 34.8 Å². The molecule has 0 unspecified atom stereocenters. The number of fused-ring (bicyclic) bond motifs is 2. The van der Waals surface area contributed by atoms with Gasteiger partial charge in [-0.2, -0.15) is 0 Å². The van der Waals surface area contributed by atoms with Crippen LogP contribution < -0.4 is 25.2 Å². The van der Waals surface area contributed by atoms with E-state index in [4.69, 9.17) is 14.5 Å². The molecule has 4 heterocycles. The van der Waals surface area contributed by atoms with Crippen LogP contribution in [0.3, 0.4) is 0 Å². The van der Waals surface area contributed by atoms with E-state index in [9.17, 15) is 14.4 Å². The molecule has 0 radical (unpaired) electrons. The van der Waals surface area contributed by atoms with Crippen molar-refractivity contribution in [3.63, 3.8) is 0 Å². The van der Waals surface area contributed by atoms with Gasteiger partial charge in [0.05, 0.1) is 22.7 Å². The van der Waals surface area contributed by atoms with Gasteiger partial charge in [0.25, 0.3) is 11.5 Å². The SMILES string of the molecule is CC[C@H](Sc1nc2cc3c(cc2c(=O)n1Cc1ccc(C(=O)N2CCN(c4ccccc4)CC2)cc1)OCO3)C(=O)NCc1cccnc1. The highest BCUT2D eigenvalue weighted by atomic mass is 32.2. The molecule has 12 heteroatoms. The molecule has 7 rings (SSSR count). The Kier molecular flexibility index (Phi) is 9.47. The molecule has 2 aromatic heterocycles. The Bertz CT molecular complexity index is 2020. The number of thioether (sulfide) groups is 1. The topological polar surface area (TPSA) is 119 Å². The molecule has 3 aromatic carbocycles. The van der Waals surface area contributed by atoms with Crippen molar-refractivity contribution in [2.24, 2.45) is 0 Å². The van der Waals surface area contributed by atoms with Gasteiger partial charge >= 0.3 is 0 Å². The minimum absolute atomic E-state index is 0.0146. The smallest absolute Gasteiger partial charge is 0.262 e. The predicted octanol–water partition coefficient (Wildman–Crippen LogP) is 4.72. The summed E-state index contributed by atoms with van der Waals surface area (Å²) in [4.78, 5) is 53.9. The van der Waals surface area contributed by atoms with Crippen LogP contribution >= 0.6 is 11.8 Å². The molecular formula is C37H36N6O5S. The first kappa shape index (κ1) is 32.2. The van der Waals surface area contributed by atoms with Gasteiger partial charge in [0.2, 0.25) is 12.7 Å². The Morgan fingerprint density at radius 2 is 1.67 bits per heavy atom. The fourth-order valence-corrected chi connectivity index (χ4v) is 7.04. The number of carbonyl (C=O) groups is 2. The summed E-state index contributed by atoms with van der Waals surface area (Å²) in [5.74, 6) is 0.845. The van der Waals surface area contributed by atoms with E-state index in [0.29, 0.717) is 59.2 Å². The van der Waals surface area contributed by atoms with Gasteiger partial charge in [-0.1, -0.05) is 55.1 Å². The van der Waals surface area contributed by atoms with E-state index in [-0.39, 0.29) is 30.7 Å². The molecule has 1 atom stereocenters. The number of rotatable bonds is 10. The molecule has 1 saturated heterocycles. The highest BCUT2D eigenvalue weighted by Crippen LogP contribution is 2.35. The summed E-state index contributed by atoms with van der Waals surface area (Å²) < 4.78 is 12.7. The van der Waals surface area contributed by atoms with E-state index in [1.54, 1.807) is 29.1 Å². The molecule has 2 aliphatic heterocycles. The first-order valence-electron chi connectivity index (χ1n) is 16.3. The fourth-order valence-electron chi connectivity index (χ4n) is 6.00. The van der Waals surface area contributed by atoms with Gasteiger partial charge in [-0.15, -0.1) is 0 Å². The lowest BCUT2D eigenvalue weighted by atomic mass is 10.1. The van der Waals surface area contributed by atoms with Crippen molar-refractivity contribution in [2.45, 2.75) is 36.8 Å². The predicted molar refractivity (Wildman–Crippen MR) is 188 cm³/mol. The number of ether oxygens (including phenoxy) is 2. The molecule has 1 fully saturated rings. The number of piperazine rings is 1. The maximum atomic E-state index is 14.1. The normalized spacial score (nSPS) is 14.6. The minimum atomic E-state index is -0.497. The molecule has 49 heavy (non-hydrogen) atoms. The zero-order valence-corrected chi connectivity index (χ0v) is 27.9. The monoisotopic (exact) mass is 676 g/mol. The first-order valence-corrected chi connectivity index (χ1v) is 17.2.